The third kappa shape index (κ3) is 6.27. The zero-order valence-corrected chi connectivity index (χ0v) is 24.5. The standard InChI is InChI=1S/C30H29Cl2N3O5S/c31-22-15-14-21(25(32)17-22)18-34(28(36)19-35-30(38)24-12-6-7-13-27(24)41(35,39)40)26(16-20-8-2-1-3-9-20)29(37)33-23-10-4-5-11-23/h1-3,6-9,12-15,17,23,26H,4-5,10-11,16,18-19H2,(H,33,37)/t26-/m1/s1. The second kappa shape index (κ2) is 12.2. The van der Waals surface area contributed by atoms with Crippen LogP contribution in [0.1, 0.15) is 47.2 Å². The normalized spacial score (nSPS) is 16.8. The maximum absolute atomic E-state index is 14.1. The van der Waals surface area contributed by atoms with Gasteiger partial charge in [0, 0.05) is 29.1 Å². The SMILES string of the molecule is O=C(NC1CCCC1)[C@@H](Cc1ccccc1)N(Cc1ccc(Cl)cc1Cl)C(=O)CN1C(=O)c2ccccc2S1(=O)=O. The quantitative estimate of drug-likeness (QED) is 0.372. The summed E-state index contributed by atoms with van der Waals surface area (Å²) in [6.07, 6.45) is 3.88. The van der Waals surface area contributed by atoms with Gasteiger partial charge in [-0.3, -0.25) is 14.4 Å². The molecule has 3 amide bonds. The molecule has 8 nitrogen and oxygen atoms in total. The number of rotatable bonds is 9. The van der Waals surface area contributed by atoms with Gasteiger partial charge in [-0.25, -0.2) is 12.7 Å². The van der Waals surface area contributed by atoms with E-state index in [0.29, 0.717) is 19.9 Å². The number of carbonyl (C=O) groups excluding carboxylic acids is 3. The van der Waals surface area contributed by atoms with Crippen molar-refractivity contribution >= 4 is 50.9 Å². The monoisotopic (exact) mass is 613 g/mol. The number of hydrogen-bond acceptors (Lipinski definition) is 5. The lowest BCUT2D eigenvalue weighted by Crippen LogP contribution is -2.54. The lowest BCUT2D eigenvalue weighted by molar-refractivity contribution is -0.141. The van der Waals surface area contributed by atoms with E-state index in [1.807, 2.05) is 30.3 Å². The number of fused-ring (bicyclic) bond motifs is 1. The molecule has 1 heterocycles. The molecule has 41 heavy (non-hydrogen) atoms. The number of sulfonamides is 1. The summed E-state index contributed by atoms with van der Waals surface area (Å²) in [6, 6.07) is 18.9. The average molecular weight is 615 g/mol. The van der Waals surface area contributed by atoms with Gasteiger partial charge in [0.15, 0.2) is 0 Å². The maximum atomic E-state index is 14.1. The van der Waals surface area contributed by atoms with E-state index < -0.39 is 34.4 Å². The van der Waals surface area contributed by atoms with E-state index in [0.717, 1.165) is 31.2 Å². The molecule has 1 saturated carbocycles. The summed E-state index contributed by atoms with van der Waals surface area (Å²) >= 11 is 12.6. The first-order chi connectivity index (χ1) is 19.6. The van der Waals surface area contributed by atoms with Gasteiger partial charge < -0.3 is 10.2 Å². The zero-order chi connectivity index (χ0) is 29.1. The van der Waals surface area contributed by atoms with Crippen molar-refractivity contribution in [2.75, 3.05) is 6.54 Å². The van der Waals surface area contributed by atoms with Gasteiger partial charge >= 0.3 is 0 Å². The Balaban J connectivity index is 1.51. The minimum Gasteiger partial charge on any atom is -0.352 e. The van der Waals surface area contributed by atoms with Crippen LogP contribution < -0.4 is 5.32 Å². The van der Waals surface area contributed by atoms with Crippen LogP contribution in [0.25, 0.3) is 0 Å². The van der Waals surface area contributed by atoms with Gasteiger partial charge in [-0.2, -0.15) is 0 Å². The molecule has 214 valence electrons. The fraction of sp³-hybridized carbons (Fsp3) is 0.300. The van der Waals surface area contributed by atoms with Crippen molar-refractivity contribution < 1.29 is 22.8 Å². The van der Waals surface area contributed by atoms with Crippen molar-refractivity contribution in [3.8, 4) is 0 Å². The van der Waals surface area contributed by atoms with Crippen molar-refractivity contribution in [1.29, 1.82) is 0 Å². The van der Waals surface area contributed by atoms with Crippen molar-refractivity contribution in [2.45, 2.75) is 55.6 Å². The molecule has 0 aromatic heterocycles. The van der Waals surface area contributed by atoms with Crippen LogP contribution in [0.5, 0.6) is 0 Å². The zero-order valence-electron chi connectivity index (χ0n) is 22.1. The van der Waals surface area contributed by atoms with Crippen molar-refractivity contribution in [1.82, 2.24) is 14.5 Å². The smallest absolute Gasteiger partial charge is 0.269 e. The number of benzene rings is 3. The third-order valence-electron chi connectivity index (χ3n) is 7.52. The Morgan fingerprint density at radius 3 is 2.34 bits per heavy atom. The lowest BCUT2D eigenvalue weighted by atomic mass is 10.0. The summed E-state index contributed by atoms with van der Waals surface area (Å²) in [6.45, 7) is -0.859. The highest BCUT2D eigenvalue weighted by Crippen LogP contribution is 2.31. The molecule has 0 unspecified atom stereocenters. The molecule has 2 aliphatic rings. The minimum atomic E-state index is -4.24. The van der Waals surface area contributed by atoms with Crippen LogP contribution in [-0.4, -0.2) is 54.0 Å². The number of carbonyl (C=O) groups is 3. The predicted molar refractivity (Wildman–Crippen MR) is 156 cm³/mol. The number of halogens is 2. The van der Waals surface area contributed by atoms with Crippen LogP contribution in [0, 0.1) is 0 Å². The topological polar surface area (TPSA) is 104 Å². The molecule has 3 aromatic carbocycles. The van der Waals surface area contributed by atoms with Crippen molar-refractivity contribution in [3.63, 3.8) is 0 Å². The molecule has 3 aromatic rings. The van der Waals surface area contributed by atoms with E-state index in [1.54, 1.807) is 18.2 Å². The molecule has 1 fully saturated rings. The molecule has 0 radical (unpaired) electrons. The Labute approximate surface area is 249 Å². The van der Waals surface area contributed by atoms with Gasteiger partial charge in [-0.05, 0) is 48.2 Å². The molecular weight excluding hydrogens is 585 g/mol. The summed E-state index contributed by atoms with van der Waals surface area (Å²) < 4.78 is 27.1. The Hall–Kier alpha value is -3.40. The third-order valence-corrected chi connectivity index (χ3v) is 9.89. The Morgan fingerprint density at radius 1 is 0.976 bits per heavy atom. The van der Waals surface area contributed by atoms with Crippen LogP contribution >= 0.6 is 23.2 Å². The minimum absolute atomic E-state index is 0.00686. The largest absolute Gasteiger partial charge is 0.352 e. The molecule has 1 atom stereocenters. The molecule has 0 saturated heterocycles. The highest BCUT2D eigenvalue weighted by atomic mass is 35.5. The summed E-state index contributed by atoms with van der Waals surface area (Å²) in [5, 5.41) is 3.79. The molecule has 5 rings (SSSR count). The van der Waals surface area contributed by atoms with Crippen LogP contribution in [-0.2, 0) is 32.6 Å². The molecular formula is C30H29Cl2N3O5S. The maximum Gasteiger partial charge on any atom is 0.269 e. The van der Waals surface area contributed by atoms with Crippen LogP contribution in [0.3, 0.4) is 0 Å². The first kappa shape index (κ1) is 29.1. The lowest BCUT2D eigenvalue weighted by Gasteiger charge is -2.33. The van der Waals surface area contributed by atoms with Gasteiger partial charge in [0.1, 0.15) is 17.5 Å². The predicted octanol–water partition coefficient (Wildman–Crippen LogP) is 4.84. The van der Waals surface area contributed by atoms with Gasteiger partial charge in [0.25, 0.3) is 15.9 Å². The van der Waals surface area contributed by atoms with Crippen molar-refractivity contribution in [3.05, 3.63) is 99.5 Å². The summed E-state index contributed by atoms with van der Waals surface area (Å²) in [7, 11) is -4.24. The van der Waals surface area contributed by atoms with Crippen LogP contribution in [0.4, 0.5) is 0 Å². The fourth-order valence-electron chi connectivity index (χ4n) is 5.36. The highest BCUT2D eigenvalue weighted by Gasteiger charge is 2.43. The molecule has 1 aliphatic carbocycles. The number of nitrogens with zero attached hydrogens (tertiary/aromatic N) is 2. The Bertz CT molecular complexity index is 1580. The summed E-state index contributed by atoms with van der Waals surface area (Å²) in [5.74, 6) is -1.84. The van der Waals surface area contributed by atoms with E-state index in [9.17, 15) is 22.8 Å². The molecule has 0 bridgehead atoms. The fourth-order valence-corrected chi connectivity index (χ4v) is 7.34. The summed E-state index contributed by atoms with van der Waals surface area (Å²) in [4.78, 5) is 42.2. The summed E-state index contributed by atoms with van der Waals surface area (Å²) in [5.41, 5.74) is 1.35. The van der Waals surface area contributed by atoms with Gasteiger partial charge in [-0.1, -0.05) is 84.6 Å². The second-order valence-electron chi connectivity index (χ2n) is 10.3. The van der Waals surface area contributed by atoms with Crippen LogP contribution in [0.2, 0.25) is 10.0 Å². The van der Waals surface area contributed by atoms with E-state index in [2.05, 4.69) is 5.32 Å². The number of nitrogens with one attached hydrogen (secondary N) is 1. The molecule has 1 aliphatic heterocycles. The first-order valence-electron chi connectivity index (χ1n) is 13.4. The molecule has 11 heteroatoms. The van der Waals surface area contributed by atoms with Gasteiger partial charge in [-0.15, -0.1) is 0 Å². The molecule has 1 N–H and O–H groups in total. The first-order valence-corrected chi connectivity index (χ1v) is 15.6. The van der Waals surface area contributed by atoms with Gasteiger partial charge in [0.2, 0.25) is 11.8 Å². The average Bonchev–Trinajstić information content (AvgIpc) is 3.53. The Morgan fingerprint density at radius 2 is 1.66 bits per heavy atom. The van der Waals surface area contributed by atoms with E-state index in [-0.39, 0.29) is 35.4 Å². The van der Waals surface area contributed by atoms with Crippen molar-refractivity contribution in [2.24, 2.45) is 0 Å². The van der Waals surface area contributed by atoms with Crippen LogP contribution in [0.15, 0.2) is 77.7 Å². The number of amides is 3. The Kier molecular flexibility index (Phi) is 8.68. The van der Waals surface area contributed by atoms with E-state index >= 15 is 0 Å². The number of hydrogen-bond donors (Lipinski definition) is 1. The van der Waals surface area contributed by atoms with Gasteiger partial charge in [0.05, 0.1) is 5.56 Å². The van der Waals surface area contributed by atoms with E-state index in [4.69, 9.17) is 23.2 Å². The molecule has 0 spiro atoms. The highest BCUT2D eigenvalue weighted by molar-refractivity contribution is 7.90. The second-order valence-corrected chi connectivity index (χ2v) is 12.9. The van der Waals surface area contributed by atoms with E-state index in [1.165, 1.54) is 29.2 Å².